The van der Waals surface area contributed by atoms with Gasteiger partial charge in [-0.05, 0) is 12.8 Å². The normalized spacial score (nSPS) is 12.9. The van der Waals surface area contributed by atoms with Crippen molar-refractivity contribution in [2.45, 2.75) is 64.8 Å². The van der Waals surface area contributed by atoms with E-state index in [2.05, 4.69) is 24.0 Å². The number of rotatable bonds is 8. The average Bonchev–Trinajstić information content (AvgIpc) is 2.72. The summed E-state index contributed by atoms with van der Waals surface area (Å²) in [7, 11) is 0. The van der Waals surface area contributed by atoms with Crippen LogP contribution in [0.2, 0.25) is 0 Å². The highest BCUT2D eigenvalue weighted by Gasteiger charge is 2.09. The molecule has 16 heavy (non-hydrogen) atoms. The molecule has 1 rings (SSSR count). The molecule has 4 nitrogen and oxygen atoms in total. The molecule has 0 fully saturated rings. The van der Waals surface area contributed by atoms with E-state index < -0.39 is 0 Å². The summed E-state index contributed by atoms with van der Waals surface area (Å²) in [6, 6.07) is 0.144. The quantitative estimate of drug-likeness (QED) is 0.690. The van der Waals surface area contributed by atoms with Crippen LogP contribution in [0.1, 0.15) is 57.7 Å². The summed E-state index contributed by atoms with van der Waals surface area (Å²) in [5.41, 5.74) is 5.83. The number of hydrogen-bond donors (Lipinski definition) is 1. The molecule has 0 saturated heterocycles. The smallest absolute Gasteiger partial charge is 0.226 e. The van der Waals surface area contributed by atoms with Gasteiger partial charge >= 0.3 is 0 Å². The van der Waals surface area contributed by atoms with E-state index in [1.54, 1.807) is 0 Å². The van der Waals surface area contributed by atoms with E-state index >= 15 is 0 Å². The van der Waals surface area contributed by atoms with Crippen molar-refractivity contribution in [2.75, 3.05) is 0 Å². The summed E-state index contributed by atoms with van der Waals surface area (Å²) in [6.45, 7) is 4.27. The molecule has 1 heterocycles. The summed E-state index contributed by atoms with van der Waals surface area (Å²) < 4.78 is 5.17. The third kappa shape index (κ3) is 4.75. The largest absolute Gasteiger partial charge is 0.339 e. The van der Waals surface area contributed by atoms with Gasteiger partial charge in [-0.25, -0.2) is 0 Å². The lowest BCUT2D eigenvalue weighted by Crippen LogP contribution is -2.22. The van der Waals surface area contributed by atoms with Crippen molar-refractivity contribution in [2.24, 2.45) is 5.73 Å². The molecule has 1 atom stereocenters. The minimum absolute atomic E-state index is 0.144. The lowest BCUT2D eigenvalue weighted by atomic mass is 10.1. The molecule has 0 spiro atoms. The van der Waals surface area contributed by atoms with E-state index in [4.69, 9.17) is 10.3 Å². The highest BCUT2D eigenvalue weighted by atomic mass is 16.5. The predicted octanol–water partition coefficient (Wildman–Crippen LogP) is 2.47. The molecule has 92 valence electrons. The van der Waals surface area contributed by atoms with Crippen molar-refractivity contribution in [1.82, 2.24) is 10.1 Å². The van der Waals surface area contributed by atoms with Crippen LogP contribution >= 0.6 is 0 Å². The molecule has 0 saturated carbocycles. The number of aromatic nitrogens is 2. The Kier molecular flexibility index (Phi) is 6.08. The van der Waals surface area contributed by atoms with Crippen molar-refractivity contribution in [3.63, 3.8) is 0 Å². The predicted molar refractivity (Wildman–Crippen MR) is 64.1 cm³/mol. The van der Waals surface area contributed by atoms with Crippen molar-refractivity contribution >= 4 is 0 Å². The Morgan fingerprint density at radius 3 is 2.75 bits per heavy atom. The van der Waals surface area contributed by atoms with E-state index in [1.165, 1.54) is 19.3 Å². The molecule has 0 aliphatic carbocycles. The molecule has 1 aromatic rings. The lowest BCUT2D eigenvalue weighted by molar-refractivity contribution is 0.367. The molecule has 0 bridgehead atoms. The first-order valence-corrected chi connectivity index (χ1v) is 6.33. The van der Waals surface area contributed by atoms with Crippen LogP contribution in [0.4, 0.5) is 0 Å². The zero-order chi connectivity index (χ0) is 11.8. The molecular formula is C12H23N3O. The maximum atomic E-state index is 5.83. The highest BCUT2D eigenvalue weighted by molar-refractivity contribution is 4.89. The molecule has 0 aliphatic rings. The minimum atomic E-state index is 0.144. The Morgan fingerprint density at radius 2 is 2.06 bits per heavy atom. The van der Waals surface area contributed by atoms with Crippen LogP contribution in [0, 0.1) is 0 Å². The van der Waals surface area contributed by atoms with Crippen molar-refractivity contribution in [3.05, 3.63) is 11.7 Å². The summed E-state index contributed by atoms with van der Waals surface area (Å²) in [4.78, 5) is 4.34. The second-order valence-corrected chi connectivity index (χ2v) is 4.29. The minimum Gasteiger partial charge on any atom is -0.339 e. The standard InChI is InChI=1S/C12H23N3O/c1-3-5-6-7-8-12-14-11(15-16-12)9-10(13)4-2/h10H,3-9,13H2,1-2H3. The summed E-state index contributed by atoms with van der Waals surface area (Å²) in [6.07, 6.45) is 7.46. The van der Waals surface area contributed by atoms with Gasteiger partial charge in [-0.1, -0.05) is 38.3 Å². The second kappa shape index (κ2) is 7.39. The van der Waals surface area contributed by atoms with Crippen LogP contribution in [-0.2, 0) is 12.8 Å². The van der Waals surface area contributed by atoms with Gasteiger partial charge in [0.15, 0.2) is 5.82 Å². The molecule has 0 radical (unpaired) electrons. The molecule has 1 aromatic heterocycles. The van der Waals surface area contributed by atoms with Crippen LogP contribution in [0.15, 0.2) is 4.52 Å². The van der Waals surface area contributed by atoms with Crippen molar-refractivity contribution < 1.29 is 4.52 Å². The molecule has 0 aromatic carbocycles. The van der Waals surface area contributed by atoms with Crippen LogP contribution in [0.25, 0.3) is 0 Å². The van der Waals surface area contributed by atoms with E-state index in [1.807, 2.05) is 0 Å². The molecule has 1 unspecified atom stereocenters. The molecule has 4 heteroatoms. The summed E-state index contributed by atoms with van der Waals surface area (Å²) in [5.74, 6) is 1.51. The fourth-order valence-corrected chi connectivity index (χ4v) is 1.56. The van der Waals surface area contributed by atoms with Crippen LogP contribution < -0.4 is 5.73 Å². The van der Waals surface area contributed by atoms with Gasteiger partial charge in [0.2, 0.25) is 5.89 Å². The van der Waals surface area contributed by atoms with E-state index in [-0.39, 0.29) is 6.04 Å². The Morgan fingerprint density at radius 1 is 1.25 bits per heavy atom. The summed E-state index contributed by atoms with van der Waals surface area (Å²) >= 11 is 0. The van der Waals surface area contributed by atoms with Gasteiger partial charge in [-0.3, -0.25) is 0 Å². The first-order valence-electron chi connectivity index (χ1n) is 6.33. The Hall–Kier alpha value is -0.900. The Balaban J connectivity index is 2.28. The SMILES string of the molecule is CCCCCCc1nc(CC(N)CC)no1. The van der Waals surface area contributed by atoms with Gasteiger partial charge in [0, 0.05) is 18.9 Å². The van der Waals surface area contributed by atoms with Gasteiger partial charge in [0.25, 0.3) is 0 Å². The lowest BCUT2D eigenvalue weighted by Gasteiger charge is -2.02. The monoisotopic (exact) mass is 225 g/mol. The Labute approximate surface area is 97.6 Å². The maximum Gasteiger partial charge on any atom is 0.226 e. The molecule has 0 aliphatic heterocycles. The van der Waals surface area contributed by atoms with Gasteiger partial charge < -0.3 is 10.3 Å². The zero-order valence-corrected chi connectivity index (χ0v) is 10.4. The van der Waals surface area contributed by atoms with Gasteiger partial charge in [-0.15, -0.1) is 0 Å². The number of nitrogens with two attached hydrogens (primary N) is 1. The number of nitrogens with zero attached hydrogens (tertiary/aromatic N) is 2. The molecular weight excluding hydrogens is 202 g/mol. The number of hydrogen-bond acceptors (Lipinski definition) is 4. The van der Waals surface area contributed by atoms with E-state index in [9.17, 15) is 0 Å². The van der Waals surface area contributed by atoms with Crippen molar-refractivity contribution in [1.29, 1.82) is 0 Å². The fraction of sp³-hybridized carbons (Fsp3) is 0.833. The fourth-order valence-electron chi connectivity index (χ4n) is 1.56. The summed E-state index contributed by atoms with van der Waals surface area (Å²) in [5, 5.41) is 3.94. The Bertz CT molecular complexity index is 286. The number of aryl methyl sites for hydroxylation is 1. The highest BCUT2D eigenvalue weighted by Crippen LogP contribution is 2.07. The second-order valence-electron chi connectivity index (χ2n) is 4.29. The topological polar surface area (TPSA) is 64.9 Å². The first kappa shape index (κ1) is 13.2. The third-order valence-electron chi connectivity index (χ3n) is 2.72. The van der Waals surface area contributed by atoms with Crippen LogP contribution in [0.5, 0.6) is 0 Å². The van der Waals surface area contributed by atoms with Gasteiger partial charge in [-0.2, -0.15) is 4.98 Å². The van der Waals surface area contributed by atoms with E-state index in [0.29, 0.717) is 0 Å². The average molecular weight is 225 g/mol. The third-order valence-corrected chi connectivity index (χ3v) is 2.72. The maximum absolute atomic E-state index is 5.83. The van der Waals surface area contributed by atoms with Crippen molar-refractivity contribution in [3.8, 4) is 0 Å². The van der Waals surface area contributed by atoms with Gasteiger partial charge in [0.1, 0.15) is 0 Å². The number of unbranched alkanes of at least 4 members (excludes halogenated alkanes) is 3. The van der Waals surface area contributed by atoms with E-state index in [0.717, 1.165) is 37.4 Å². The first-order chi connectivity index (χ1) is 7.76. The zero-order valence-electron chi connectivity index (χ0n) is 10.4. The van der Waals surface area contributed by atoms with Crippen LogP contribution in [0.3, 0.4) is 0 Å². The molecule has 0 amide bonds. The van der Waals surface area contributed by atoms with Crippen LogP contribution in [-0.4, -0.2) is 16.2 Å². The van der Waals surface area contributed by atoms with Gasteiger partial charge in [0.05, 0.1) is 0 Å². The molecule has 2 N–H and O–H groups in total.